The summed E-state index contributed by atoms with van der Waals surface area (Å²) in [6.07, 6.45) is -4.54. The standard InChI is InChI=1S/C25H20F3NO2S2/c1-17(30)32-13-11-23(19-7-5-9-21(15-19)25(26,27)28)24(12-14-33-18(2)31)20-8-6-10-22(16-20)29(3)4/h5-10,15-16H,1-4H3. The van der Waals surface area contributed by atoms with E-state index >= 15 is 0 Å². The highest BCUT2D eigenvalue weighted by atomic mass is 32.2. The van der Waals surface area contributed by atoms with Crippen molar-refractivity contribution in [1.29, 1.82) is 0 Å². The molecular weight excluding hydrogens is 467 g/mol. The second-order valence-electron chi connectivity index (χ2n) is 6.91. The molecule has 2 rings (SSSR count). The summed E-state index contributed by atoms with van der Waals surface area (Å²) >= 11 is 1.52. The van der Waals surface area contributed by atoms with Gasteiger partial charge in [0, 0.05) is 68.3 Å². The minimum absolute atomic E-state index is 0.203. The fourth-order valence-electron chi connectivity index (χ4n) is 2.65. The van der Waals surface area contributed by atoms with Crippen LogP contribution in [0.15, 0.2) is 48.5 Å². The summed E-state index contributed by atoms with van der Waals surface area (Å²) in [5.41, 5.74) is 1.42. The van der Waals surface area contributed by atoms with Gasteiger partial charge in [0.25, 0.3) is 0 Å². The zero-order chi connectivity index (χ0) is 24.6. The molecule has 170 valence electrons. The van der Waals surface area contributed by atoms with Gasteiger partial charge in [0.2, 0.25) is 0 Å². The van der Waals surface area contributed by atoms with Gasteiger partial charge in [0.1, 0.15) is 0 Å². The van der Waals surface area contributed by atoms with Crippen LogP contribution in [0.2, 0.25) is 0 Å². The van der Waals surface area contributed by atoms with Gasteiger partial charge in [-0.2, -0.15) is 13.2 Å². The molecule has 0 spiro atoms. The average Bonchev–Trinajstić information content (AvgIpc) is 2.74. The number of allylic oxidation sites excluding steroid dienone is 2. The van der Waals surface area contributed by atoms with Crippen molar-refractivity contribution in [2.45, 2.75) is 20.0 Å². The van der Waals surface area contributed by atoms with Crippen LogP contribution in [0.5, 0.6) is 0 Å². The van der Waals surface area contributed by atoms with Crippen molar-refractivity contribution in [3.05, 3.63) is 65.2 Å². The zero-order valence-electron chi connectivity index (χ0n) is 18.3. The Bertz CT molecular complexity index is 1210. The molecule has 33 heavy (non-hydrogen) atoms. The molecule has 8 heteroatoms. The predicted octanol–water partition coefficient (Wildman–Crippen LogP) is 6.16. The van der Waals surface area contributed by atoms with Gasteiger partial charge in [0.15, 0.2) is 10.2 Å². The smallest absolute Gasteiger partial charge is 0.378 e. The quantitative estimate of drug-likeness (QED) is 0.383. The van der Waals surface area contributed by atoms with Gasteiger partial charge in [-0.15, -0.1) is 0 Å². The largest absolute Gasteiger partial charge is 0.416 e. The molecule has 3 nitrogen and oxygen atoms in total. The van der Waals surface area contributed by atoms with Gasteiger partial charge in [-0.3, -0.25) is 9.59 Å². The topological polar surface area (TPSA) is 37.4 Å². The second-order valence-corrected chi connectivity index (χ2v) is 8.88. The van der Waals surface area contributed by atoms with Crippen molar-refractivity contribution in [3.8, 4) is 22.3 Å². The third-order valence-electron chi connectivity index (χ3n) is 4.12. The zero-order valence-corrected chi connectivity index (χ0v) is 20.0. The molecule has 0 aliphatic carbocycles. The summed E-state index contributed by atoms with van der Waals surface area (Å²) in [4.78, 5) is 24.6. The molecule has 0 radical (unpaired) electrons. The molecule has 0 N–H and O–H groups in total. The Hall–Kier alpha value is -3.07. The summed E-state index contributed by atoms with van der Waals surface area (Å²) in [6, 6.07) is 12.0. The Morgan fingerprint density at radius 2 is 1.30 bits per heavy atom. The van der Waals surface area contributed by atoms with Crippen LogP contribution in [-0.4, -0.2) is 24.3 Å². The van der Waals surface area contributed by atoms with Gasteiger partial charge in [-0.1, -0.05) is 36.1 Å². The number of carbonyl (C=O) groups is 2. The first-order valence-corrected chi connectivity index (χ1v) is 11.2. The van der Waals surface area contributed by atoms with Crippen LogP contribution in [0.4, 0.5) is 18.9 Å². The van der Waals surface area contributed by atoms with Crippen molar-refractivity contribution >= 4 is 50.6 Å². The van der Waals surface area contributed by atoms with Gasteiger partial charge >= 0.3 is 6.18 Å². The average molecular weight is 488 g/mol. The van der Waals surface area contributed by atoms with E-state index in [1.165, 1.54) is 26.0 Å². The Balaban J connectivity index is 2.86. The number of nitrogens with zero attached hydrogens (tertiary/aromatic N) is 1. The third kappa shape index (κ3) is 8.09. The number of anilines is 1. The summed E-state index contributed by atoms with van der Waals surface area (Å²) in [6.45, 7) is 2.71. The van der Waals surface area contributed by atoms with E-state index in [4.69, 9.17) is 0 Å². The highest BCUT2D eigenvalue weighted by molar-refractivity contribution is 8.17. The molecule has 0 atom stereocenters. The number of hydrogen-bond acceptors (Lipinski definition) is 5. The van der Waals surface area contributed by atoms with Crippen LogP contribution in [0.1, 0.15) is 30.5 Å². The van der Waals surface area contributed by atoms with E-state index in [9.17, 15) is 22.8 Å². The Kier molecular flexibility index (Phi) is 9.28. The molecule has 0 heterocycles. The second kappa shape index (κ2) is 11.7. The van der Waals surface area contributed by atoms with E-state index in [0.29, 0.717) is 11.1 Å². The highest BCUT2D eigenvalue weighted by Gasteiger charge is 2.30. The molecule has 2 aromatic carbocycles. The fourth-order valence-corrected chi connectivity index (χ4v) is 3.24. The molecule has 0 aromatic heterocycles. The van der Waals surface area contributed by atoms with Crippen molar-refractivity contribution in [2.24, 2.45) is 0 Å². The summed E-state index contributed by atoms with van der Waals surface area (Å²) < 4.78 is 40.1. The lowest BCUT2D eigenvalue weighted by Crippen LogP contribution is -2.08. The van der Waals surface area contributed by atoms with Crippen LogP contribution < -0.4 is 4.90 Å². The molecule has 0 amide bonds. The summed E-state index contributed by atoms with van der Waals surface area (Å²) in [5, 5.41) is 4.89. The number of hydrogen-bond donors (Lipinski definition) is 0. The van der Waals surface area contributed by atoms with E-state index in [1.54, 1.807) is 12.1 Å². The van der Waals surface area contributed by atoms with E-state index in [2.05, 4.69) is 22.3 Å². The maximum absolute atomic E-state index is 13.4. The van der Waals surface area contributed by atoms with Crippen molar-refractivity contribution in [3.63, 3.8) is 0 Å². The first kappa shape index (κ1) is 26.2. The molecule has 0 bridgehead atoms. The minimum Gasteiger partial charge on any atom is -0.378 e. The highest BCUT2D eigenvalue weighted by Crippen LogP contribution is 2.33. The predicted molar refractivity (Wildman–Crippen MR) is 131 cm³/mol. The van der Waals surface area contributed by atoms with Crippen LogP contribution in [0, 0.1) is 22.3 Å². The molecule has 0 aliphatic heterocycles. The van der Waals surface area contributed by atoms with Gasteiger partial charge in [-0.05, 0) is 45.9 Å². The molecule has 0 fully saturated rings. The van der Waals surface area contributed by atoms with Gasteiger partial charge in [-0.25, -0.2) is 0 Å². The molecule has 2 aromatic rings. The minimum atomic E-state index is -4.54. The lowest BCUT2D eigenvalue weighted by atomic mass is 9.94. The lowest BCUT2D eigenvalue weighted by Gasteiger charge is -2.15. The van der Waals surface area contributed by atoms with Crippen LogP contribution >= 0.6 is 23.5 Å². The van der Waals surface area contributed by atoms with Crippen LogP contribution in [-0.2, 0) is 15.8 Å². The van der Waals surface area contributed by atoms with Crippen molar-refractivity contribution in [1.82, 2.24) is 0 Å². The molecule has 0 aliphatic rings. The van der Waals surface area contributed by atoms with E-state index in [1.807, 2.05) is 31.1 Å². The van der Waals surface area contributed by atoms with Gasteiger partial charge in [0.05, 0.1) is 5.56 Å². The molecule has 0 unspecified atom stereocenters. The number of rotatable bonds is 3. The maximum Gasteiger partial charge on any atom is 0.416 e. The first-order valence-electron chi connectivity index (χ1n) is 9.55. The van der Waals surface area contributed by atoms with Crippen LogP contribution in [0.3, 0.4) is 0 Å². The SMILES string of the molecule is CC(=O)SC#CC(=C(C#CSC(C)=O)c1cccc(C(F)(F)F)c1)c1cccc(N(C)C)c1. The van der Waals surface area contributed by atoms with Crippen LogP contribution in [0.25, 0.3) is 11.1 Å². The fraction of sp³-hybridized carbons (Fsp3) is 0.200. The molecule has 0 saturated heterocycles. The van der Waals surface area contributed by atoms with E-state index in [0.717, 1.165) is 41.3 Å². The molecular formula is C25H20F3NO2S2. The number of carbonyl (C=O) groups excluding carboxylic acids is 2. The summed E-state index contributed by atoms with van der Waals surface area (Å²) in [7, 11) is 3.72. The number of halogens is 3. The first-order chi connectivity index (χ1) is 15.5. The maximum atomic E-state index is 13.4. The monoisotopic (exact) mass is 487 g/mol. The van der Waals surface area contributed by atoms with E-state index < -0.39 is 11.7 Å². The Labute approximate surface area is 199 Å². The van der Waals surface area contributed by atoms with Crippen molar-refractivity contribution in [2.75, 3.05) is 19.0 Å². The number of benzene rings is 2. The molecule has 0 saturated carbocycles. The lowest BCUT2D eigenvalue weighted by molar-refractivity contribution is -0.137. The number of alkyl halides is 3. The Morgan fingerprint density at radius 3 is 1.76 bits per heavy atom. The normalized spacial score (nSPS) is 11.4. The third-order valence-corrected chi connectivity index (χ3v) is 5.10. The number of thioether (sulfide) groups is 2. The summed E-state index contributed by atoms with van der Waals surface area (Å²) in [5.74, 6) is 5.73. The van der Waals surface area contributed by atoms with E-state index in [-0.39, 0.29) is 21.4 Å². The van der Waals surface area contributed by atoms with Crippen molar-refractivity contribution < 1.29 is 22.8 Å². The van der Waals surface area contributed by atoms with Gasteiger partial charge < -0.3 is 4.90 Å². The Morgan fingerprint density at radius 1 is 0.818 bits per heavy atom.